The summed E-state index contributed by atoms with van der Waals surface area (Å²) in [6.07, 6.45) is 0. The number of amides is 1. The quantitative estimate of drug-likeness (QED) is 0.889. The molecule has 5 heteroatoms. The minimum Gasteiger partial charge on any atom is -0.394 e. The molecule has 110 valence electrons. The van der Waals surface area contributed by atoms with E-state index >= 15 is 0 Å². The zero-order valence-electron chi connectivity index (χ0n) is 11.2. The normalized spacial score (nSPS) is 12.7. The Morgan fingerprint density at radius 3 is 2.10 bits per heavy atom. The molecule has 0 aromatic heterocycles. The van der Waals surface area contributed by atoms with Crippen molar-refractivity contribution in [3.05, 3.63) is 71.8 Å². The van der Waals surface area contributed by atoms with Crippen LogP contribution in [0.5, 0.6) is 0 Å². The second-order valence-corrected chi connectivity index (χ2v) is 4.56. The van der Waals surface area contributed by atoms with Gasteiger partial charge in [0.05, 0.1) is 12.6 Å². The summed E-state index contributed by atoms with van der Waals surface area (Å²) in [7, 11) is 0. The van der Waals surface area contributed by atoms with E-state index in [0.29, 0.717) is 5.56 Å². The Labute approximate surface area is 121 Å². The Morgan fingerprint density at radius 2 is 1.57 bits per heavy atom. The van der Waals surface area contributed by atoms with E-state index in [1.165, 1.54) is 24.3 Å². The number of alkyl halides is 2. The van der Waals surface area contributed by atoms with Gasteiger partial charge in [0.2, 0.25) is 0 Å². The molecule has 0 saturated carbocycles. The van der Waals surface area contributed by atoms with Crippen molar-refractivity contribution in [3.8, 4) is 0 Å². The summed E-state index contributed by atoms with van der Waals surface area (Å²) < 4.78 is 28.1. The number of nitrogens with one attached hydrogen (secondary N) is 1. The molecule has 0 bridgehead atoms. The molecule has 0 heterocycles. The molecule has 2 N–H and O–H groups in total. The molecule has 0 aliphatic heterocycles. The second-order valence-electron chi connectivity index (χ2n) is 4.56. The van der Waals surface area contributed by atoms with E-state index < -0.39 is 24.5 Å². The van der Waals surface area contributed by atoms with Crippen LogP contribution in [0.1, 0.15) is 17.2 Å². The summed E-state index contributed by atoms with van der Waals surface area (Å²) in [6, 6.07) is 14.5. The average Bonchev–Trinajstić information content (AvgIpc) is 2.54. The van der Waals surface area contributed by atoms with Gasteiger partial charge in [-0.1, -0.05) is 60.7 Å². The van der Waals surface area contributed by atoms with Crippen LogP contribution in [0.25, 0.3) is 0 Å². The van der Waals surface area contributed by atoms with Crippen LogP contribution < -0.4 is 5.32 Å². The van der Waals surface area contributed by atoms with Gasteiger partial charge in [-0.3, -0.25) is 4.79 Å². The predicted molar refractivity (Wildman–Crippen MR) is 74.7 cm³/mol. The van der Waals surface area contributed by atoms with Crippen molar-refractivity contribution in [1.82, 2.24) is 5.32 Å². The molecule has 0 fully saturated rings. The monoisotopic (exact) mass is 291 g/mol. The van der Waals surface area contributed by atoms with Crippen molar-refractivity contribution in [2.75, 3.05) is 6.61 Å². The number of hydrogen-bond donors (Lipinski definition) is 2. The van der Waals surface area contributed by atoms with Crippen LogP contribution in [-0.4, -0.2) is 17.6 Å². The van der Waals surface area contributed by atoms with E-state index in [-0.39, 0.29) is 5.56 Å². The smallest absolute Gasteiger partial charge is 0.349 e. The molecule has 1 atom stereocenters. The number of benzene rings is 2. The lowest BCUT2D eigenvalue weighted by Crippen LogP contribution is -2.41. The number of aliphatic hydroxyl groups is 1. The molecule has 0 saturated heterocycles. The van der Waals surface area contributed by atoms with Crippen molar-refractivity contribution < 1.29 is 18.7 Å². The van der Waals surface area contributed by atoms with Gasteiger partial charge < -0.3 is 10.4 Å². The van der Waals surface area contributed by atoms with Crippen molar-refractivity contribution in [2.24, 2.45) is 0 Å². The van der Waals surface area contributed by atoms with Crippen LogP contribution in [0.4, 0.5) is 8.78 Å². The summed E-state index contributed by atoms with van der Waals surface area (Å²) in [4.78, 5) is 11.8. The number of carbonyl (C=O) groups is 1. The Bertz CT molecular complexity index is 588. The maximum atomic E-state index is 14.1. The third-order valence-electron chi connectivity index (χ3n) is 3.11. The molecule has 3 nitrogen and oxygen atoms in total. The summed E-state index contributed by atoms with van der Waals surface area (Å²) in [5.74, 6) is -5.08. The first-order valence-electron chi connectivity index (χ1n) is 6.46. The highest BCUT2D eigenvalue weighted by atomic mass is 19.3. The fourth-order valence-electron chi connectivity index (χ4n) is 1.95. The van der Waals surface area contributed by atoms with E-state index in [2.05, 4.69) is 5.32 Å². The highest BCUT2D eigenvalue weighted by molar-refractivity contribution is 5.85. The van der Waals surface area contributed by atoms with E-state index in [1.54, 1.807) is 36.4 Å². The van der Waals surface area contributed by atoms with Crippen molar-refractivity contribution in [3.63, 3.8) is 0 Å². The van der Waals surface area contributed by atoms with Crippen LogP contribution in [0.2, 0.25) is 0 Å². The molecule has 2 aromatic carbocycles. The zero-order chi connectivity index (χ0) is 15.3. The summed E-state index contributed by atoms with van der Waals surface area (Å²) in [5, 5.41) is 11.5. The lowest BCUT2D eigenvalue weighted by atomic mass is 10.0. The van der Waals surface area contributed by atoms with Crippen LogP contribution in [0.15, 0.2) is 60.7 Å². The van der Waals surface area contributed by atoms with Gasteiger partial charge in [-0.15, -0.1) is 0 Å². The molecule has 21 heavy (non-hydrogen) atoms. The van der Waals surface area contributed by atoms with E-state index in [1.807, 2.05) is 0 Å². The molecular weight excluding hydrogens is 276 g/mol. The summed E-state index contributed by atoms with van der Waals surface area (Å²) in [5.41, 5.74) is 0.185. The first-order valence-corrected chi connectivity index (χ1v) is 6.46. The second kappa shape index (κ2) is 6.45. The molecule has 1 amide bonds. The maximum Gasteiger partial charge on any atom is 0.349 e. The molecule has 0 unspecified atom stereocenters. The maximum absolute atomic E-state index is 14.1. The minimum atomic E-state index is -3.65. The standard InChI is InChI=1S/C16H15F2NO2/c17-16(18,13-9-5-2-6-10-13)15(21)19-14(11-20)12-7-3-1-4-8-12/h1-10,14,20H,11H2,(H,19,21)/t14-/m0/s1. The van der Waals surface area contributed by atoms with Gasteiger partial charge in [0.25, 0.3) is 5.91 Å². The van der Waals surface area contributed by atoms with Crippen molar-refractivity contribution in [1.29, 1.82) is 0 Å². The number of carbonyl (C=O) groups excluding carboxylic acids is 1. The molecule has 0 aliphatic rings. The number of rotatable bonds is 5. The first-order chi connectivity index (χ1) is 10.1. The largest absolute Gasteiger partial charge is 0.394 e. The van der Waals surface area contributed by atoms with Gasteiger partial charge in [0.15, 0.2) is 0 Å². The van der Waals surface area contributed by atoms with Crippen molar-refractivity contribution in [2.45, 2.75) is 12.0 Å². The Kier molecular flexibility index (Phi) is 4.65. The molecule has 2 rings (SSSR count). The topological polar surface area (TPSA) is 49.3 Å². The van der Waals surface area contributed by atoms with Gasteiger partial charge in [0.1, 0.15) is 0 Å². The Morgan fingerprint density at radius 1 is 1.05 bits per heavy atom. The molecular formula is C16H15F2NO2. The zero-order valence-corrected chi connectivity index (χ0v) is 11.2. The highest BCUT2D eigenvalue weighted by Gasteiger charge is 2.41. The predicted octanol–water partition coefficient (Wildman–Crippen LogP) is 2.63. The third kappa shape index (κ3) is 3.44. The van der Waals surface area contributed by atoms with Gasteiger partial charge in [0, 0.05) is 5.56 Å². The van der Waals surface area contributed by atoms with Gasteiger partial charge >= 0.3 is 5.92 Å². The molecule has 2 aromatic rings. The van der Waals surface area contributed by atoms with Gasteiger partial charge in [-0.25, -0.2) is 0 Å². The fourth-order valence-corrected chi connectivity index (χ4v) is 1.95. The molecule has 0 aliphatic carbocycles. The summed E-state index contributed by atoms with van der Waals surface area (Å²) >= 11 is 0. The Balaban J connectivity index is 2.16. The lowest BCUT2D eigenvalue weighted by molar-refractivity contribution is -0.148. The number of hydrogen-bond acceptors (Lipinski definition) is 2. The van der Waals surface area contributed by atoms with Crippen LogP contribution in [-0.2, 0) is 10.7 Å². The van der Waals surface area contributed by atoms with Gasteiger partial charge in [-0.2, -0.15) is 8.78 Å². The summed E-state index contributed by atoms with van der Waals surface area (Å²) in [6.45, 7) is -0.458. The minimum absolute atomic E-state index is 0.382. The third-order valence-corrected chi connectivity index (χ3v) is 3.11. The van der Waals surface area contributed by atoms with Crippen molar-refractivity contribution >= 4 is 5.91 Å². The molecule has 0 radical (unpaired) electrons. The highest BCUT2D eigenvalue weighted by Crippen LogP contribution is 2.28. The van der Waals surface area contributed by atoms with E-state index in [0.717, 1.165) is 0 Å². The first kappa shape index (κ1) is 15.1. The molecule has 0 spiro atoms. The van der Waals surface area contributed by atoms with Gasteiger partial charge in [-0.05, 0) is 5.56 Å². The Hall–Kier alpha value is -2.27. The van der Waals surface area contributed by atoms with Crippen LogP contribution in [0, 0.1) is 0 Å². The average molecular weight is 291 g/mol. The number of aliphatic hydroxyl groups excluding tert-OH is 1. The fraction of sp³-hybridized carbons (Fsp3) is 0.188. The number of halogens is 2. The van der Waals surface area contributed by atoms with E-state index in [4.69, 9.17) is 0 Å². The van der Waals surface area contributed by atoms with Crippen LogP contribution in [0.3, 0.4) is 0 Å². The van der Waals surface area contributed by atoms with Crippen LogP contribution >= 0.6 is 0 Å². The lowest BCUT2D eigenvalue weighted by Gasteiger charge is -2.21. The van der Waals surface area contributed by atoms with E-state index in [9.17, 15) is 18.7 Å². The SMILES string of the molecule is O=C(N[C@@H](CO)c1ccccc1)C(F)(F)c1ccccc1.